The van der Waals surface area contributed by atoms with E-state index in [2.05, 4.69) is 27.7 Å². The maximum atomic E-state index is 9.71. The van der Waals surface area contributed by atoms with Crippen LogP contribution in [0.15, 0.2) is 0 Å². The summed E-state index contributed by atoms with van der Waals surface area (Å²) in [7, 11) is -1.68. The van der Waals surface area contributed by atoms with Crippen molar-refractivity contribution in [2.45, 2.75) is 79.1 Å². The molecule has 2 unspecified atom stereocenters. The van der Waals surface area contributed by atoms with Crippen molar-refractivity contribution in [3.63, 3.8) is 0 Å². The minimum Gasteiger partial charge on any atom is -0.328 e. The van der Waals surface area contributed by atoms with Gasteiger partial charge in [0, 0.05) is 0 Å². The molecule has 0 bridgehead atoms. The average Bonchev–Trinajstić information content (AvgIpc) is 2.43. The van der Waals surface area contributed by atoms with Gasteiger partial charge in [0.25, 0.3) is 0 Å². The Morgan fingerprint density at radius 3 is 1.55 bits per heavy atom. The molecule has 0 spiro atoms. The Kier molecular flexibility index (Phi) is 14.5. The Balaban J connectivity index is 3.49. The summed E-state index contributed by atoms with van der Waals surface area (Å²) in [5.74, 6) is 1.01. The standard InChI is InChI=1S/C16H35O3P/c1-5-7-9-11-15(3)13-18-20(17)19-14-16(4)12-10-8-6-2/h15-17H,5-14H2,1-4H3. The number of unbranched alkanes of at least 4 members (excludes halogenated alkanes) is 4. The molecule has 0 aromatic heterocycles. The van der Waals surface area contributed by atoms with Gasteiger partial charge in [0.1, 0.15) is 0 Å². The maximum Gasteiger partial charge on any atom is 0.329 e. The van der Waals surface area contributed by atoms with E-state index < -0.39 is 8.60 Å². The molecule has 0 saturated heterocycles. The molecule has 0 rings (SSSR count). The van der Waals surface area contributed by atoms with Gasteiger partial charge in [0.05, 0.1) is 13.2 Å². The third kappa shape index (κ3) is 13.3. The Labute approximate surface area is 127 Å². The number of rotatable bonds is 14. The van der Waals surface area contributed by atoms with Crippen molar-refractivity contribution in [3.8, 4) is 0 Å². The summed E-state index contributed by atoms with van der Waals surface area (Å²) in [6, 6.07) is 0. The summed E-state index contributed by atoms with van der Waals surface area (Å²) in [6.45, 7) is 9.98. The molecule has 2 atom stereocenters. The topological polar surface area (TPSA) is 38.7 Å². The van der Waals surface area contributed by atoms with Gasteiger partial charge < -0.3 is 13.9 Å². The normalized spacial score (nSPS) is 16.1. The van der Waals surface area contributed by atoms with Crippen LogP contribution >= 0.6 is 8.60 Å². The third-order valence-electron chi connectivity index (χ3n) is 3.54. The summed E-state index contributed by atoms with van der Waals surface area (Å²) in [4.78, 5) is 9.71. The number of hydrogen-bond acceptors (Lipinski definition) is 3. The van der Waals surface area contributed by atoms with E-state index in [-0.39, 0.29) is 0 Å². The Morgan fingerprint density at radius 1 is 0.800 bits per heavy atom. The lowest BCUT2D eigenvalue weighted by Crippen LogP contribution is -2.07. The van der Waals surface area contributed by atoms with E-state index in [1.165, 1.54) is 51.4 Å². The zero-order valence-corrected chi connectivity index (χ0v) is 14.8. The van der Waals surface area contributed by atoms with Crippen LogP contribution in [0.3, 0.4) is 0 Å². The SMILES string of the molecule is CCCCCC(C)COP(O)OCC(C)CCCCC. The van der Waals surface area contributed by atoms with Gasteiger partial charge in [-0.2, -0.15) is 0 Å². The van der Waals surface area contributed by atoms with Crippen LogP contribution in [0.2, 0.25) is 0 Å². The maximum absolute atomic E-state index is 9.71. The summed E-state index contributed by atoms with van der Waals surface area (Å²) in [5, 5.41) is 0. The quantitative estimate of drug-likeness (QED) is 0.332. The first-order valence-electron chi connectivity index (χ1n) is 8.34. The van der Waals surface area contributed by atoms with Gasteiger partial charge in [-0.3, -0.25) is 0 Å². The smallest absolute Gasteiger partial charge is 0.328 e. The van der Waals surface area contributed by atoms with Crippen LogP contribution in [-0.2, 0) is 9.05 Å². The minimum atomic E-state index is -1.68. The van der Waals surface area contributed by atoms with Crippen LogP contribution < -0.4 is 0 Å². The molecule has 0 aliphatic rings. The molecular weight excluding hydrogens is 271 g/mol. The first kappa shape index (κ1) is 20.3. The average molecular weight is 306 g/mol. The molecule has 4 heteroatoms. The lowest BCUT2D eigenvalue weighted by Gasteiger charge is -2.17. The summed E-state index contributed by atoms with van der Waals surface area (Å²) in [6.07, 6.45) is 9.90. The van der Waals surface area contributed by atoms with Gasteiger partial charge in [-0.15, -0.1) is 0 Å². The molecule has 0 aromatic carbocycles. The highest BCUT2D eigenvalue weighted by atomic mass is 31.2. The predicted octanol–water partition coefficient (Wildman–Crippen LogP) is 5.67. The second-order valence-corrected chi connectivity index (χ2v) is 7.02. The third-order valence-corrected chi connectivity index (χ3v) is 4.28. The predicted molar refractivity (Wildman–Crippen MR) is 87.7 cm³/mol. The van der Waals surface area contributed by atoms with E-state index in [4.69, 9.17) is 9.05 Å². The van der Waals surface area contributed by atoms with E-state index in [9.17, 15) is 4.89 Å². The fourth-order valence-corrected chi connectivity index (χ4v) is 2.91. The molecule has 0 radical (unpaired) electrons. The Bertz CT molecular complexity index is 182. The molecule has 0 aliphatic heterocycles. The van der Waals surface area contributed by atoms with E-state index in [1.54, 1.807) is 0 Å². The van der Waals surface area contributed by atoms with Gasteiger partial charge in [0.2, 0.25) is 0 Å². The molecule has 1 N–H and O–H groups in total. The van der Waals surface area contributed by atoms with Crippen molar-refractivity contribution in [2.24, 2.45) is 11.8 Å². The van der Waals surface area contributed by atoms with Gasteiger partial charge in [-0.25, -0.2) is 0 Å². The van der Waals surface area contributed by atoms with Gasteiger partial charge in [-0.05, 0) is 24.7 Å². The van der Waals surface area contributed by atoms with Crippen molar-refractivity contribution in [3.05, 3.63) is 0 Å². The highest BCUT2D eigenvalue weighted by Crippen LogP contribution is 2.34. The van der Waals surface area contributed by atoms with Gasteiger partial charge in [-0.1, -0.05) is 66.2 Å². The largest absolute Gasteiger partial charge is 0.329 e. The van der Waals surface area contributed by atoms with Crippen LogP contribution in [-0.4, -0.2) is 18.1 Å². The molecule has 0 amide bonds. The van der Waals surface area contributed by atoms with Crippen LogP contribution in [0.25, 0.3) is 0 Å². The summed E-state index contributed by atoms with van der Waals surface area (Å²) in [5.41, 5.74) is 0. The van der Waals surface area contributed by atoms with Crippen molar-refractivity contribution >= 4 is 8.60 Å². The lowest BCUT2D eigenvalue weighted by atomic mass is 10.0. The van der Waals surface area contributed by atoms with E-state index >= 15 is 0 Å². The van der Waals surface area contributed by atoms with E-state index in [1.807, 2.05) is 0 Å². The minimum absolute atomic E-state index is 0.504. The van der Waals surface area contributed by atoms with Gasteiger partial charge in [0.15, 0.2) is 0 Å². The van der Waals surface area contributed by atoms with E-state index in [0.29, 0.717) is 25.0 Å². The Hall–Kier alpha value is 0.310. The molecule has 0 fully saturated rings. The monoisotopic (exact) mass is 306 g/mol. The molecule has 0 heterocycles. The lowest BCUT2D eigenvalue weighted by molar-refractivity contribution is 0.158. The van der Waals surface area contributed by atoms with Crippen molar-refractivity contribution in [2.75, 3.05) is 13.2 Å². The highest BCUT2D eigenvalue weighted by molar-refractivity contribution is 7.40. The summed E-state index contributed by atoms with van der Waals surface area (Å²) >= 11 is 0. The van der Waals surface area contributed by atoms with Crippen LogP contribution in [0, 0.1) is 11.8 Å². The second-order valence-electron chi connectivity index (χ2n) is 6.03. The van der Waals surface area contributed by atoms with Crippen LogP contribution in [0.1, 0.15) is 79.1 Å². The summed E-state index contributed by atoms with van der Waals surface area (Å²) < 4.78 is 10.8. The van der Waals surface area contributed by atoms with Crippen LogP contribution in [0.5, 0.6) is 0 Å². The first-order valence-corrected chi connectivity index (χ1v) is 9.47. The van der Waals surface area contributed by atoms with E-state index in [0.717, 1.165) is 0 Å². The molecular formula is C16H35O3P. The zero-order valence-electron chi connectivity index (χ0n) is 13.9. The van der Waals surface area contributed by atoms with Crippen molar-refractivity contribution < 1.29 is 13.9 Å². The van der Waals surface area contributed by atoms with Crippen LogP contribution in [0.4, 0.5) is 0 Å². The fraction of sp³-hybridized carbons (Fsp3) is 1.00. The van der Waals surface area contributed by atoms with Gasteiger partial charge >= 0.3 is 8.60 Å². The fourth-order valence-electron chi connectivity index (χ4n) is 2.07. The molecule has 20 heavy (non-hydrogen) atoms. The number of hydrogen-bond donors (Lipinski definition) is 1. The van der Waals surface area contributed by atoms with Crippen molar-refractivity contribution in [1.82, 2.24) is 0 Å². The zero-order chi connectivity index (χ0) is 15.2. The molecule has 0 aromatic rings. The second kappa shape index (κ2) is 14.3. The molecule has 122 valence electrons. The molecule has 0 saturated carbocycles. The molecule has 0 aliphatic carbocycles. The van der Waals surface area contributed by atoms with Crippen molar-refractivity contribution in [1.29, 1.82) is 0 Å². The Morgan fingerprint density at radius 2 is 1.20 bits per heavy atom. The first-order chi connectivity index (χ1) is 9.60. The molecule has 3 nitrogen and oxygen atoms in total. The highest BCUT2D eigenvalue weighted by Gasteiger charge is 2.12.